The molecule has 2 nitrogen and oxygen atoms in total. The van der Waals surface area contributed by atoms with E-state index in [1.165, 1.54) is 37.8 Å². The van der Waals surface area contributed by atoms with Gasteiger partial charge < -0.3 is 9.64 Å². The summed E-state index contributed by atoms with van der Waals surface area (Å²) in [5.41, 5.74) is 1.25. The summed E-state index contributed by atoms with van der Waals surface area (Å²) in [6.45, 7) is 5.34. The molecule has 1 aliphatic carbocycles. The molecule has 0 spiro atoms. The molecular weight excluding hydrogens is 222 g/mol. The highest BCUT2D eigenvalue weighted by atomic mass is 16.5. The van der Waals surface area contributed by atoms with Crippen molar-refractivity contribution in [2.24, 2.45) is 0 Å². The van der Waals surface area contributed by atoms with E-state index in [4.69, 9.17) is 4.74 Å². The maximum absolute atomic E-state index is 6.22. The van der Waals surface area contributed by atoms with Crippen molar-refractivity contribution in [2.45, 2.75) is 58.3 Å². The topological polar surface area (TPSA) is 12.5 Å². The molecule has 0 aliphatic heterocycles. The van der Waals surface area contributed by atoms with Crippen molar-refractivity contribution in [3.8, 4) is 0 Å². The number of para-hydroxylation sites is 1. The molecule has 1 aromatic carbocycles. The van der Waals surface area contributed by atoms with Gasteiger partial charge in [0.05, 0.1) is 6.10 Å². The molecule has 0 amide bonds. The molecule has 1 saturated carbocycles. The molecule has 0 heterocycles. The highest BCUT2D eigenvalue weighted by molar-refractivity contribution is 5.46. The Morgan fingerprint density at radius 3 is 2.44 bits per heavy atom. The van der Waals surface area contributed by atoms with E-state index in [-0.39, 0.29) is 6.23 Å². The lowest BCUT2D eigenvalue weighted by molar-refractivity contribution is -0.0214. The Kier molecular flexibility index (Phi) is 5.06. The molecule has 1 aliphatic rings. The summed E-state index contributed by atoms with van der Waals surface area (Å²) < 4.78 is 6.22. The number of nitrogens with zero attached hydrogens (tertiary/aromatic N) is 1. The predicted molar refractivity (Wildman–Crippen MR) is 76.9 cm³/mol. The van der Waals surface area contributed by atoms with Crippen LogP contribution in [0.3, 0.4) is 0 Å². The van der Waals surface area contributed by atoms with Gasteiger partial charge in [-0.1, -0.05) is 37.5 Å². The molecule has 0 radical (unpaired) electrons. The van der Waals surface area contributed by atoms with Gasteiger partial charge in [-0.2, -0.15) is 0 Å². The molecule has 0 aromatic heterocycles. The number of anilines is 1. The fourth-order valence-electron chi connectivity index (χ4n) is 2.82. The number of hydrogen-bond donors (Lipinski definition) is 0. The second kappa shape index (κ2) is 6.79. The van der Waals surface area contributed by atoms with Crippen molar-refractivity contribution >= 4 is 5.69 Å². The van der Waals surface area contributed by atoms with Crippen LogP contribution >= 0.6 is 0 Å². The average molecular weight is 247 g/mol. The van der Waals surface area contributed by atoms with Gasteiger partial charge in [0.2, 0.25) is 0 Å². The second-order valence-corrected chi connectivity index (χ2v) is 5.12. The van der Waals surface area contributed by atoms with Crippen LogP contribution in [0.2, 0.25) is 0 Å². The van der Waals surface area contributed by atoms with Gasteiger partial charge in [0, 0.05) is 12.2 Å². The zero-order chi connectivity index (χ0) is 12.8. The fourth-order valence-corrected chi connectivity index (χ4v) is 2.82. The maximum atomic E-state index is 6.22. The summed E-state index contributed by atoms with van der Waals surface area (Å²) in [7, 11) is 0. The summed E-state index contributed by atoms with van der Waals surface area (Å²) in [6.07, 6.45) is 7.13. The van der Waals surface area contributed by atoms with Crippen LogP contribution in [0.4, 0.5) is 5.69 Å². The van der Waals surface area contributed by atoms with Crippen molar-refractivity contribution < 1.29 is 4.74 Å². The molecule has 0 saturated heterocycles. The first-order valence-electron chi connectivity index (χ1n) is 7.28. The van der Waals surface area contributed by atoms with Crippen molar-refractivity contribution in [3.05, 3.63) is 30.3 Å². The molecule has 1 atom stereocenters. The van der Waals surface area contributed by atoms with Crippen LogP contribution in [0, 0.1) is 0 Å². The summed E-state index contributed by atoms with van der Waals surface area (Å²) in [5.74, 6) is 0. The Morgan fingerprint density at radius 2 is 1.83 bits per heavy atom. The van der Waals surface area contributed by atoms with Gasteiger partial charge in [-0.25, -0.2) is 0 Å². The molecule has 18 heavy (non-hydrogen) atoms. The lowest BCUT2D eigenvalue weighted by atomic mass is 9.98. The van der Waals surface area contributed by atoms with E-state index >= 15 is 0 Å². The molecule has 1 aromatic rings. The third-order valence-electron chi connectivity index (χ3n) is 3.81. The molecule has 0 bridgehead atoms. The van der Waals surface area contributed by atoms with E-state index in [9.17, 15) is 0 Å². The monoisotopic (exact) mass is 247 g/mol. The van der Waals surface area contributed by atoms with Gasteiger partial charge >= 0.3 is 0 Å². The molecule has 0 N–H and O–H groups in total. The Balaban J connectivity index is 1.94. The van der Waals surface area contributed by atoms with Crippen LogP contribution in [-0.2, 0) is 4.74 Å². The first kappa shape index (κ1) is 13.4. The first-order valence-corrected chi connectivity index (χ1v) is 7.28. The fraction of sp³-hybridized carbons (Fsp3) is 0.625. The number of ether oxygens (including phenoxy) is 1. The van der Waals surface area contributed by atoms with Crippen molar-refractivity contribution in [3.63, 3.8) is 0 Å². The Hall–Kier alpha value is -1.02. The van der Waals surface area contributed by atoms with Crippen LogP contribution in [0.15, 0.2) is 30.3 Å². The quantitative estimate of drug-likeness (QED) is 0.723. The van der Waals surface area contributed by atoms with Crippen LogP contribution in [-0.4, -0.2) is 18.9 Å². The Bertz CT molecular complexity index is 332. The first-order chi connectivity index (χ1) is 8.81. The van der Waals surface area contributed by atoms with Gasteiger partial charge in [0.25, 0.3) is 0 Å². The van der Waals surface area contributed by atoms with E-state index in [0.29, 0.717) is 6.10 Å². The minimum atomic E-state index is 0.167. The number of rotatable bonds is 5. The maximum Gasteiger partial charge on any atom is 0.127 e. The molecular formula is C16H25NO. The minimum Gasteiger partial charge on any atom is -0.355 e. The van der Waals surface area contributed by atoms with Crippen molar-refractivity contribution in [1.29, 1.82) is 0 Å². The number of benzene rings is 1. The number of hydrogen-bond acceptors (Lipinski definition) is 2. The van der Waals surface area contributed by atoms with E-state index in [2.05, 4.69) is 49.1 Å². The third kappa shape index (κ3) is 3.49. The Labute approximate surface area is 111 Å². The SMILES string of the molecule is CCN(c1ccccc1)C(C)OC1CCCCC1. The van der Waals surface area contributed by atoms with Gasteiger partial charge in [0.15, 0.2) is 0 Å². The van der Waals surface area contributed by atoms with Crippen LogP contribution in [0.1, 0.15) is 46.0 Å². The van der Waals surface area contributed by atoms with Crippen LogP contribution in [0.5, 0.6) is 0 Å². The molecule has 2 heteroatoms. The predicted octanol–water partition coefficient (Wildman–Crippen LogP) is 4.21. The van der Waals surface area contributed by atoms with E-state index in [1.54, 1.807) is 0 Å². The average Bonchev–Trinajstić information content (AvgIpc) is 2.42. The molecule has 2 rings (SSSR count). The van der Waals surface area contributed by atoms with Crippen molar-refractivity contribution in [1.82, 2.24) is 0 Å². The van der Waals surface area contributed by atoms with E-state index < -0.39 is 0 Å². The smallest absolute Gasteiger partial charge is 0.127 e. The lowest BCUT2D eigenvalue weighted by Crippen LogP contribution is -2.38. The van der Waals surface area contributed by atoms with Crippen LogP contribution < -0.4 is 4.90 Å². The van der Waals surface area contributed by atoms with Crippen molar-refractivity contribution in [2.75, 3.05) is 11.4 Å². The third-order valence-corrected chi connectivity index (χ3v) is 3.81. The molecule has 1 fully saturated rings. The second-order valence-electron chi connectivity index (χ2n) is 5.12. The summed E-state index contributed by atoms with van der Waals surface area (Å²) in [5, 5.41) is 0. The van der Waals surface area contributed by atoms with Crippen LogP contribution in [0.25, 0.3) is 0 Å². The van der Waals surface area contributed by atoms with Gasteiger partial charge in [-0.15, -0.1) is 0 Å². The van der Waals surface area contributed by atoms with Gasteiger partial charge in [-0.3, -0.25) is 0 Å². The van der Waals surface area contributed by atoms with Gasteiger partial charge in [0.1, 0.15) is 6.23 Å². The largest absolute Gasteiger partial charge is 0.355 e. The molecule has 100 valence electrons. The van der Waals surface area contributed by atoms with Gasteiger partial charge in [-0.05, 0) is 38.8 Å². The zero-order valence-corrected chi connectivity index (χ0v) is 11.6. The minimum absolute atomic E-state index is 0.167. The highest BCUT2D eigenvalue weighted by Crippen LogP contribution is 2.24. The summed E-state index contributed by atoms with van der Waals surface area (Å²) >= 11 is 0. The normalized spacial score (nSPS) is 18.6. The zero-order valence-electron chi connectivity index (χ0n) is 11.6. The lowest BCUT2D eigenvalue weighted by Gasteiger charge is -2.34. The summed E-state index contributed by atoms with van der Waals surface area (Å²) in [6, 6.07) is 10.6. The van der Waals surface area contributed by atoms with E-state index in [1.807, 2.05) is 0 Å². The Morgan fingerprint density at radius 1 is 1.17 bits per heavy atom. The standard InChI is InChI=1S/C16H25NO/c1-3-17(15-10-6-4-7-11-15)14(2)18-16-12-8-5-9-13-16/h4,6-7,10-11,14,16H,3,5,8-9,12-13H2,1-2H3. The molecule has 1 unspecified atom stereocenters. The van der Waals surface area contributed by atoms with E-state index in [0.717, 1.165) is 6.54 Å². The summed E-state index contributed by atoms with van der Waals surface area (Å²) in [4.78, 5) is 2.33. The highest BCUT2D eigenvalue weighted by Gasteiger charge is 2.20.